The summed E-state index contributed by atoms with van der Waals surface area (Å²) >= 11 is 4.82. The molecule has 1 atom stereocenters. The van der Waals surface area contributed by atoms with Crippen LogP contribution in [-0.4, -0.2) is 16.9 Å². The third kappa shape index (κ3) is 2.39. The summed E-state index contributed by atoms with van der Waals surface area (Å²) in [6.07, 6.45) is 5.01. The van der Waals surface area contributed by atoms with Gasteiger partial charge >= 0.3 is 0 Å². The summed E-state index contributed by atoms with van der Waals surface area (Å²) in [5.41, 5.74) is -1.04. The molecule has 2 amide bonds. The van der Waals surface area contributed by atoms with Crippen LogP contribution in [0, 0.1) is 11.3 Å². The monoisotopic (exact) mass is 254 g/mol. The molecule has 94 valence electrons. The van der Waals surface area contributed by atoms with Crippen LogP contribution in [0.3, 0.4) is 0 Å². The molecule has 0 radical (unpaired) electrons. The Kier molecular flexibility index (Phi) is 4.40. The van der Waals surface area contributed by atoms with Gasteiger partial charge in [0, 0.05) is 0 Å². The lowest BCUT2D eigenvalue weighted by molar-refractivity contribution is -0.146. The fraction of sp³-hybridized carbons (Fsp3) is 0.583. The third-order valence-electron chi connectivity index (χ3n) is 3.17. The van der Waals surface area contributed by atoms with Crippen molar-refractivity contribution in [2.75, 3.05) is 0 Å². The van der Waals surface area contributed by atoms with Gasteiger partial charge in [-0.1, -0.05) is 32.4 Å². The minimum absolute atomic E-state index is 0.0967. The Bertz CT molecular complexity index is 357. The number of hydrogen-bond donors (Lipinski definition) is 2. The smallest absolute Gasteiger partial charge is 0.242 e. The van der Waals surface area contributed by atoms with Gasteiger partial charge < -0.3 is 10.6 Å². The molecule has 0 aliphatic carbocycles. The van der Waals surface area contributed by atoms with Crippen LogP contribution in [0.25, 0.3) is 0 Å². The molecule has 4 nitrogen and oxygen atoms in total. The Morgan fingerprint density at radius 3 is 2.29 bits per heavy atom. The van der Waals surface area contributed by atoms with E-state index < -0.39 is 5.41 Å². The first-order chi connectivity index (χ1) is 7.98. The molecule has 0 aromatic heterocycles. The third-order valence-corrected chi connectivity index (χ3v) is 3.37. The molecular weight excluding hydrogens is 236 g/mol. The summed E-state index contributed by atoms with van der Waals surface area (Å²) in [7, 11) is 0. The predicted octanol–water partition coefficient (Wildman–Crippen LogP) is 1.52. The van der Waals surface area contributed by atoms with Gasteiger partial charge in [0.2, 0.25) is 11.8 Å². The normalized spacial score (nSPS) is 21.2. The average molecular weight is 254 g/mol. The first-order valence-electron chi connectivity index (χ1n) is 5.78. The second kappa shape index (κ2) is 5.40. The molecule has 1 saturated heterocycles. The molecule has 0 unspecified atom stereocenters. The van der Waals surface area contributed by atoms with Crippen molar-refractivity contribution in [2.45, 2.75) is 33.6 Å². The van der Waals surface area contributed by atoms with E-state index in [1.165, 1.54) is 0 Å². The van der Waals surface area contributed by atoms with Gasteiger partial charge in [0.15, 0.2) is 5.11 Å². The molecule has 0 saturated carbocycles. The zero-order valence-electron chi connectivity index (χ0n) is 10.4. The van der Waals surface area contributed by atoms with Crippen LogP contribution in [-0.2, 0) is 9.59 Å². The molecule has 1 aliphatic rings. The van der Waals surface area contributed by atoms with Crippen molar-refractivity contribution in [1.82, 2.24) is 10.6 Å². The minimum atomic E-state index is -1.04. The van der Waals surface area contributed by atoms with Crippen molar-refractivity contribution < 1.29 is 9.59 Å². The predicted molar refractivity (Wildman–Crippen MR) is 70.2 cm³/mol. The second-order valence-corrected chi connectivity index (χ2v) is 4.68. The van der Waals surface area contributed by atoms with E-state index in [-0.39, 0.29) is 22.8 Å². The lowest BCUT2D eigenvalue weighted by atomic mass is 9.70. The van der Waals surface area contributed by atoms with Gasteiger partial charge in [-0.15, -0.1) is 0 Å². The van der Waals surface area contributed by atoms with E-state index in [1.54, 1.807) is 0 Å². The van der Waals surface area contributed by atoms with Crippen LogP contribution < -0.4 is 10.6 Å². The Balaban J connectivity index is 3.16. The first kappa shape index (κ1) is 13.8. The summed E-state index contributed by atoms with van der Waals surface area (Å²) in [4.78, 5) is 24.3. The number of allylic oxidation sites excluding steroid dienone is 2. The van der Waals surface area contributed by atoms with Crippen molar-refractivity contribution in [2.24, 2.45) is 11.3 Å². The maximum absolute atomic E-state index is 12.1. The number of carbonyl (C=O) groups excluding carboxylic acids is 2. The van der Waals surface area contributed by atoms with E-state index in [4.69, 9.17) is 12.2 Å². The highest BCUT2D eigenvalue weighted by Gasteiger charge is 2.51. The molecular formula is C12H18N2O2S. The Labute approximate surface area is 107 Å². The quantitative estimate of drug-likeness (QED) is 0.454. The summed E-state index contributed by atoms with van der Waals surface area (Å²) < 4.78 is 0. The van der Waals surface area contributed by atoms with Crippen LogP contribution in [0.1, 0.15) is 33.6 Å². The van der Waals surface area contributed by atoms with Crippen LogP contribution in [0.4, 0.5) is 0 Å². The molecule has 2 N–H and O–H groups in total. The topological polar surface area (TPSA) is 58.2 Å². The summed E-state index contributed by atoms with van der Waals surface area (Å²) in [6.45, 7) is 5.71. The number of hydrogen-bond acceptors (Lipinski definition) is 3. The molecule has 1 rings (SSSR count). The molecule has 1 heterocycles. The standard InChI is InChI=1S/C12H18N2O2S/c1-4-6-8(3)12(7-5-2)9(15)13-11(17)14-10(12)16/h4,6,8H,5,7H2,1-3H3,(H2,13,14,15,16,17)/b6-4+/t8-/m0/s1. The highest BCUT2D eigenvalue weighted by Crippen LogP contribution is 2.36. The van der Waals surface area contributed by atoms with Crippen molar-refractivity contribution in [3.63, 3.8) is 0 Å². The Morgan fingerprint density at radius 2 is 1.88 bits per heavy atom. The number of rotatable bonds is 4. The summed E-state index contributed by atoms with van der Waals surface area (Å²) in [6, 6.07) is 0. The molecule has 1 fully saturated rings. The second-order valence-electron chi connectivity index (χ2n) is 4.27. The molecule has 0 bridgehead atoms. The van der Waals surface area contributed by atoms with E-state index >= 15 is 0 Å². The molecule has 0 aromatic rings. The lowest BCUT2D eigenvalue weighted by Gasteiger charge is -2.38. The van der Waals surface area contributed by atoms with Gasteiger partial charge in [0.25, 0.3) is 0 Å². The van der Waals surface area contributed by atoms with Gasteiger partial charge in [-0.2, -0.15) is 0 Å². The van der Waals surface area contributed by atoms with Crippen molar-refractivity contribution in [1.29, 1.82) is 0 Å². The van der Waals surface area contributed by atoms with E-state index in [0.29, 0.717) is 6.42 Å². The number of thiocarbonyl (C=S) groups is 1. The van der Waals surface area contributed by atoms with E-state index in [2.05, 4.69) is 10.6 Å². The molecule has 5 heteroatoms. The van der Waals surface area contributed by atoms with Gasteiger partial charge in [0.05, 0.1) is 0 Å². The maximum Gasteiger partial charge on any atom is 0.242 e. The largest absolute Gasteiger partial charge is 0.302 e. The van der Waals surface area contributed by atoms with Crippen molar-refractivity contribution in [3.8, 4) is 0 Å². The number of nitrogens with one attached hydrogen (secondary N) is 2. The van der Waals surface area contributed by atoms with E-state index in [0.717, 1.165) is 6.42 Å². The maximum atomic E-state index is 12.1. The van der Waals surface area contributed by atoms with Crippen LogP contribution in [0.2, 0.25) is 0 Å². The SMILES string of the molecule is C/C=C/[C@H](C)C1(CCC)C(=O)NC(=S)NC1=O. The number of carbonyl (C=O) groups is 2. The van der Waals surface area contributed by atoms with Crippen LogP contribution in [0.5, 0.6) is 0 Å². The van der Waals surface area contributed by atoms with Gasteiger partial charge in [-0.05, 0) is 31.5 Å². The highest BCUT2D eigenvalue weighted by atomic mass is 32.1. The Hall–Kier alpha value is -1.23. The van der Waals surface area contributed by atoms with Crippen molar-refractivity contribution in [3.05, 3.63) is 12.2 Å². The minimum Gasteiger partial charge on any atom is -0.302 e. The molecule has 1 aliphatic heterocycles. The van der Waals surface area contributed by atoms with Crippen molar-refractivity contribution >= 4 is 29.1 Å². The zero-order chi connectivity index (χ0) is 13.1. The summed E-state index contributed by atoms with van der Waals surface area (Å²) in [5, 5.41) is 5.20. The van der Waals surface area contributed by atoms with E-state index in [9.17, 15) is 9.59 Å². The average Bonchev–Trinajstić information content (AvgIpc) is 2.23. The van der Waals surface area contributed by atoms with Gasteiger partial charge in [-0.25, -0.2) is 0 Å². The lowest BCUT2D eigenvalue weighted by Crippen LogP contribution is -2.64. The molecule has 17 heavy (non-hydrogen) atoms. The van der Waals surface area contributed by atoms with E-state index in [1.807, 2.05) is 32.9 Å². The summed E-state index contributed by atoms with van der Waals surface area (Å²) in [5.74, 6) is -0.743. The zero-order valence-corrected chi connectivity index (χ0v) is 11.2. The van der Waals surface area contributed by atoms with Crippen LogP contribution in [0.15, 0.2) is 12.2 Å². The fourth-order valence-electron chi connectivity index (χ4n) is 2.28. The fourth-order valence-corrected chi connectivity index (χ4v) is 2.46. The molecule has 0 spiro atoms. The van der Waals surface area contributed by atoms with Gasteiger partial charge in [0.1, 0.15) is 5.41 Å². The van der Waals surface area contributed by atoms with Gasteiger partial charge in [-0.3, -0.25) is 9.59 Å². The highest BCUT2D eigenvalue weighted by molar-refractivity contribution is 7.80. The molecule has 0 aromatic carbocycles. The van der Waals surface area contributed by atoms with Crippen LogP contribution >= 0.6 is 12.2 Å². The Morgan fingerprint density at radius 1 is 1.35 bits per heavy atom. The first-order valence-corrected chi connectivity index (χ1v) is 6.19. The number of amides is 2.